The van der Waals surface area contributed by atoms with E-state index in [1.54, 1.807) is 11.3 Å². The minimum absolute atomic E-state index is 0.140. The molecule has 1 N–H and O–H groups in total. The summed E-state index contributed by atoms with van der Waals surface area (Å²) in [4.78, 5) is 29.8. The average molecular weight is 344 g/mol. The lowest BCUT2D eigenvalue weighted by Gasteiger charge is -2.32. The summed E-state index contributed by atoms with van der Waals surface area (Å²) in [6, 6.07) is 9.39. The summed E-state index contributed by atoms with van der Waals surface area (Å²) >= 11 is 1.54. The van der Waals surface area contributed by atoms with Gasteiger partial charge in [0.1, 0.15) is 6.04 Å². The van der Waals surface area contributed by atoms with E-state index in [0.717, 1.165) is 30.0 Å². The summed E-state index contributed by atoms with van der Waals surface area (Å²) in [7, 11) is 0. The van der Waals surface area contributed by atoms with Crippen molar-refractivity contribution in [2.24, 2.45) is 0 Å². The van der Waals surface area contributed by atoms with E-state index in [9.17, 15) is 14.7 Å². The van der Waals surface area contributed by atoms with Crippen molar-refractivity contribution in [1.29, 1.82) is 0 Å². The highest BCUT2D eigenvalue weighted by atomic mass is 32.1. The highest BCUT2D eigenvalue weighted by Crippen LogP contribution is 2.20. The summed E-state index contributed by atoms with van der Waals surface area (Å²) < 4.78 is 0. The number of carboxylic acid groups (broad SMARTS) is 1. The monoisotopic (exact) mass is 344 g/mol. The van der Waals surface area contributed by atoms with E-state index < -0.39 is 12.0 Å². The molecule has 0 unspecified atom stereocenters. The van der Waals surface area contributed by atoms with Crippen LogP contribution in [0.4, 0.5) is 0 Å². The van der Waals surface area contributed by atoms with Gasteiger partial charge >= 0.3 is 5.97 Å². The summed E-state index contributed by atoms with van der Waals surface area (Å²) in [5, 5.41) is 12.2. The van der Waals surface area contributed by atoms with Crippen LogP contribution in [-0.2, 0) is 22.4 Å². The molecule has 0 aliphatic carbocycles. The number of hydrogen-bond acceptors (Lipinski definition) is 4. The van der Waals surface area contributed by atoms with Gasteiger partial charge in [0.15, 0.2) is 0 Å². The van der Waals surface area contributed by atoms with E-state index in [4.69, 9.17) is 0 Å². The molecule has 0 spiro atoms. The summed E-state index contributed by atoms with van der Waals surface area (Å²) in [5.41, 5.74) is 1.91. The number of benzene rings is 1. The largest absolute Gasteiger partial charge is 0.480 e. The standard InChI is InChI=1S/C18H20N2O3S/c21-17(20-9-5-4-8-15(20)18(22)23)11-14-12-24-16(19-14)10-13-6-2-1-3-7-13/h1-3,6-7,12,15H,4-5,8-11H2,(H,22,23)/t15-/m1/s1. The van der Waals surface area contributed by atoms with Gasteiger partial charge in [-0.05, 0) is 24.8 Å². The molecule has 1 amide bonds. The lowest BCUT2D eigenvalue weighted by Crippen LogP contribution is -2.48. The van der Waals surface area contributed by atoms with Crippen LogP contribution in [0.15, 0.2) is 35.7 Å². The van der Waals surface area contributed by atoms with Crippen LogP contribution in [0.2, 0.25) is 0 Å². The molecule has 24 heavy (non-hydrogen) atoms. The number of carbonyl (C=O) groups excluding carboxylic acids is 1. The van der Waals surface area contributed by atoms with Crippen LogP contribution >= 0.6 is 11.3 Å². The quantitative estimate of drug-likeness (QED) is 0.905. The molecule has 2 heterocycles. The van der Waals surface area contributed by atoms with Crippen LogP contribution in [0.5, 0.6) is 0 Å². The van der Waals surface area contributed by atoms with Crippen molar-refractivity contribution < 1.29 is 14.7 Å². The molecule has 2 aromatic rings. The Kier molecular flexibility index (Phi) is 5.25. The molecule has 0 saturated carbocycles. The van der Waals surface area contributed by atoms with Gasteiger partial charge in [0.2, 0.25) is 5.91 Å². The number of aliphatic carboxylic acids is 1. The number of amides is 1. The van der Waals surface area contributed by atoms with Crippen molar-refractivity contribution in [3.05, 3.63) is 52.0 Å². The Morgan fingerprint density at radius 3 is 2.79 bits per heavy atom. The second-order valence-electron chi connectivity index (χ2n) is 6.01. The SMILES string of the molecule is O=C(O)[C@H]1CCCCN1C(=O)Cc1csc(Cc2ccccc2)n1. The van der Waals surface area contributed by atoms with Crippen LogP contribution in [-0.4, -0.2) is 39.5 Å². The lowest BCUT2D eigenvalue weighted by atomic mass is 10.0. The van der Waals surface area contributed by atoms with Crippen LogP contribution in [0.25, 0.3) is 0 Å². The second kappa shape index (κ2) is 7.57. The van der Waals surface area contributed by atoms with Gasteiger partial charge in [-0.25, -0.2) is 9.78 Å². The Bertz CT molecular complexity index is 714. The highest BCUT2D eigenvalue weighted by molar-refractivity contribution is 7.09. The van der Waals surface area contributed by atoms with Gasteiger partial charge in [-0.1, -0.05) is 30.3 Å². The molecule has 126 valence electrons. The number of carboxylic acids is 1. The van der Waals surface area contributed by atoms with Gasteiger partial charge in [-0.2, -0.15) is 0 Å². The number of rotatable bonds is 5. The number of carbonyl (C=O) groups is 2. The first-order chi connectivity index (χ1) is 11.6. The zero-order valence-corrected chi connectivity index (χ0v) is 14.2. The molecule has 0 bridgehead atoms. The summed E-state index contributed by atoms with van der Waals surface area (Å²) in [6.07, 6.45) is 3.19. The van der Waals surface area contributed by atoms with Crippen molar-refractivity contribution in [2.45, 2.75) is 38.1 Å². The third-order valence-electron chi connectivity index (χ3n) is 4.24. The summed E-state index contributed by atoms with van der Waals surface area (Å²) in [5.74, 6) is -1.05. The van der Waals surface area contributed by atoms with Crippen molar-refractivity contribution >= 4 is 23.2 Å². The fraction of sp³-hybridized carbons (Fsp3) is 0.389. The molecular weight excluding hydrogens is 324 g/mol. The zero-order valence-electron chi connectivity index (χ0n) is 13.4. The van der Waals surface area contributed by atoms with E-state index in [0.29, 0.717) is 13.0 Å². The smallest absolute Gasteiger partial charge is 0.326 e. The fourth-order valence-electron chi connectivity index (χ4n) is 3.03. The number of nitrogens with zero attached hydrogens (tertiary/aromatic N) is 2. The van der Waals surface area contributed by atoms with Crippen LogP contribution < -0.4 is 0 Å². The van der Waals surface area contributed by atoms with Gasteiger partial charge in [0, 0.05) is 18.3 Å². The molecule has 5 nitrogen and oxygen atoms in total. The molecule has 1 atom stereocenters. The molecule has 1 saturated heterocycles. The second-order valence-corrected chi connectivity index (χ2v) is 6.95. The first kappa shape index (κ1) is 16.6. The average Bonchev–Trinajstić information content (AvgIpc) is 3.02. The molecule has 1 aliphatic rings. The number of likely N-dealkylation sites (tertiary alicyclic amines) is 1. The predicted molar refractivity (Wildman–Crippen MR) is 92.1 cm³/mol. The molecular formula is C18H20N2O3S. The minimum atomic E-state index is -0.911. The Morgan fingerprint density at radius 1 is 1.25 bits per heavy atom. The molecule has 1 aliphatic heterocycles. The van der Waals surface area contributed by atoms with Crippen LogP contribution in [0, 0.1) is 0 Å². The van der Waals surface area contributed by atoms with Crippen molar-refractivity contribution in [2.75, 3.05) is 6.54 Å². The van der Waals surface area contributed by atoms with Crippen LogP contribution in [0.1, 0.15) is 35.5 Å². The number of piperidine rings is 1. The van der Waals surface area contributed by atoms with Crippen LogP contribution in [0.3, 0.4) is 0 Å². The maximum atomic E-state index is 12.5. The summed E-state index contributed by atoms with van der Waals surface area (Å²) in [6.45, 7) is 0.525. The normalized spacial score (nSPS) is 17.7. The fourth-order valence-corrected chi connectivity index (χ4v) is 3.85. The first-order valence-corrected chi connectivity index (χ1v) is 9.01. The maximum Gasteiger partial charge on any atom is 0.326 e. The van der Waals surface area contributed by atoms with Gasteiger partial charge in [0.05, 0.1) is 17.1 Å². The molecule has 1 aromatic carbocycles. The Balaban J connectivity index is 1.63. The maximum absolute atomic E-state index is 12.5. The van der Waals surface area contributed by atoms with Crippen molar-refractivity contribution in [3.63, 3.8) is 0 Å². The third kappa shape index (κ3) is 4.00. The highest BCUT2D eigenvalue weighted by Gasteiger charge is 2.31. The lowest BCUT2D eigenvalue weighted by molar-refractivity contribution is -0.151. The first-order valence-electron chi connectivity index (χ1n) is 8.13. The van der Waals surface area contributed by atoms with Crippen molar-refractivity contribution in [1.82, 2.24) is 9.88 Å². The molecule has 1 aromatic heterocycles. The number of aromatic nitrogens is 1. The van der Waals surface area contributed by atoms with Gasteiger partial charge in [-0.3, -0.25) is 4.79 Å². The van der Waals surface area contributed by atoms with E-state index in [1.165, 1.54) is 10.5 Å². The molecule has 0 radical (unpaired) electrons. The Labute approximate surface area is 145 Å². The molecule has 3 rings (SSSR count). The molecule has 1 fully saturated rings. The topological polar surface area (TPSA) is 70.5 Å². The van der Waals surface area contributed by atoms with Gasteiger partial charge < -0.3 is 10.0 Å². The Hall–Kier alpha value is -2.21. The predicted octanol–water partition coefficient (Wildman–Crippen LogP) is 2.74. The van der Waals surface area contributed by atoms with E-state index in [1.807, 2.05) is 23.6 Å². The number of thiazole rings is 1. The van der Waals surface area contributed by atoms with Gasteiger partial charge in [0.25, 0.3) is 0 Å². The molecule has 6 heteroatoms. The van der Waals surface area contributed by atoms with Crippen molar-refractivity contribution in [3.8, 4) is 0 Å². The Morgan fingerprint density at radius 2 is 2.04 bits per heavy atom. The minimum Gasteiger partial charge on any atom is -0.480 e. The van der Waals surface area contributed by atoms with Gasteiger partial charge in [-0.15, -0.1) is 11.3 Å². The number of hydrogen-bond donors (Lipinski definition) is 1. The van der Waals surface area contributed by atoms with E-state index >= 15 is 0 Å². The van der Waals surface area contributed by atoms with E-state index in [2.05, 4.69) is 17.1 Å². The zero-order chi connectivity index (χ0) is 16.9. The third-order valence-corrected chi connectivity index (χ3v) is 5.14. The van der Waals surface area contributed by atoms with E-state index in [-0.39, 0.29) is 12.3 Å².